The topological polar surface area (TPSA) is 59.4 Å². The first-order valence-electron chi connectivity index (χ1n) is 7.55. The highest BCUT2D eigenvalue weighted by Crippen LogP contribution is 2.32. The monoisotopic (exact) mass is 332 g/mol. The number of rotatable bonds is 3. The number of alkyl halides is 3. The molecule has 0 aliphatic carbocycles. The van der Waals surface area contributed by atoms with Gasteiger partial charge < -0.3 is 15.0 Å². The van der Waals surface area contributed by atoms with Gasteiger partial charge in [-0.2, -0.15) is 18.3 Å². The number of amides is 2. The van der Waals surface area contributed by atoms with Crippen molar-refractivity contribution in [2.75, 3.05) is 26.3 Å². The van der Waals surface area contributed by atoms with Crippen molar-refractivity contribution in [3.8, 4) is 0 Å². The minimum Gasteiger partial charge on any atom is -0.381 e. The van der Waals surface area contributed by atoms with Gasteiger partial charge in [0, 0.05) is 33.4 Å². The van der Waals surface area contributed by atoms with Gasteiger partial charge in [0.2, 0.25) is 0 Å². The Bertz CT molecular complexity index is 575. The number of nitrogens with one attached hydrogen (secondary N) is 1. The van der Waals surface area contributed by atoms with Gasteiger partial charge in [-0.1, -0.05) is 0 Å². The number of ether oxygens (including phenoxy) is 1. The predicted octanol–water partition coefficient (Wildman–Crippen LogP) is 1.62. The van der Waals surface area contributed by atoms with Crippen molar-refractivity contribution < 1.29 is 22.7 Å². The number of carbonyl (C=O) groups excluding carboxylic acids is 1. The smallest absolute Gasteiger partial charge is 0.381 e. The standard InChI is InChI=1S/C14H19F3N4O2/c1-20-12(11(4-19-20)14(15,16)17)5-18-13(22)21-6-10(7-21)9-2-3-23-8-9/h4,9-10H,2-3,5-8H2,1H3,(H,18,22). The molecule has 2 aliphatic rings. The molecule has 1 aromatic rings. The maximum atomic E-state index is 12.9. The molecule has 6 nitrogen and oxygen atoms in total. The van der Waals surface area contributed by atoms with E-state index >= 15 is 0 Å². The summed E-state index contributed by atoms with van der Waals surface area (Å²) in [4.78, 5) is 13.6. The first-order chi connectivity index (χ1) is 10.9. The highest BCUT2D eigenvalue weighted by molar-refractivity contribution is 5.75. The van der Waals surface area contributed by atoms with Crippen molar-refractivity contribution in [2.24, 2.45) is 18.9 Å². The summed E-state index contributed by atoms with van der Waals surface area (Å²) in [5.41, 5.74) is -0.864. The molecule has 1 N–H and O–H groups in total. The fourth-order valence-electron chi connectivity index (χ4n) is 3.08. The van der Waals surface area contributed by atoms with Crippen molar-refractivity contribution in [3.05, 3.63) is 17.5 Å². The fraction of sp³-hybridized carbons (Fsp3) is 0.714. The maximum absolute atomic E-state index is 12.9. The molecule has 9 heteroatoms. The molecule has 1 unspecified atom stereocenters. The number of halogens is 3. The fourth-order valence-corrected chi connectivity index (χ4v) is 3.08. The number of urea groups is 1. The van der Waals surface area contributed by atoms with Crippen LogP contribution in [0.25, 0.3) is 0 Å². The van der Waals surface area contributed by atoms with Crippen LogP contribution in [0.3, 0.4) is 0 Å². The number of aromatic nitrogens is 2. The van der Waals surface area contributed by atoms with Crippen LogP contribution >= 0.6 is 0 Å². The van der Waals surface area contributed by atoms with Crippen molar-refractivity contribution >= 4 is 6.03 Å². The molecule has 2 amide bonds. The normalized spacial score (nSPS) is 22.3. The highest BCUT2D eigenvalue weighted by atomic mass is 19.4. The van der Waals surface area contributed by atoms with Gasteiger partial charge in [0.15, 0.2) is 0 Å². The molecule has 23 heavy (non-hydrogen) atoms. The van der Waals surface area contributed by atoms with Crippen LogP contribution in [0.1, 0.15) is 17.7 Å². The summed E-state index contributed by atoms with van der Waals surface area (Å²) in [5.74, 6) is 0.929. The molecule has 3 rings (SSSR count). The lowest BCUT2D eigenvalue weighted by Crippen LogP contribution is -2.55. The molecule has 2 aliphatic heterocycles. The van der Waals surface area contributed by atoms with Gasteiger partial charge >= 0.3 is 12.2 Å². The quantitative estimate of drug-likeness (QED) is 0.915. The second-order valence-electron chi connectivity index (χ2n) is 6.07. The lowest BCUT2D eigenvalue weighted by molar-refractivity contribution is -0.138. The van der Waals surface area contributed by atoms with E-state index in [-0.39, 0.29) is 18.3 Å². The molecule has 2 saturated heterocycles. The van der Waals surface area contributed by atoms with E-state index < -0.39 is 11.7 Å². The lowest BCUT2D eigenvalue weighted by Gasteiger charge is -2.41. The zero-order chi connectivity index (χ0) is 16.6. The number of hydrogen-bond acceptors (Lipinski definition) is 3. The molecule has 1 atom stereocenters. The molecule has 3 heterocycles. The van der Waals surface area contributed by atoms with Crippen molar-refractivity contribution in [3.63, 3.8) is 0 Å². The Labute approximate surface area is 131 Å². The summed E-state index contributed by atoms with van der Waals surface area (Å²) < 4.78 is 45.0. The molecular formula is C14H19F3N4O2. The third kappa shape index (κ3) is 3.29. The van der Waals surface area contributed by atoms with Crippen molar-refractivity contribution in [1.29, 1.82) is 0 Å². The number of hydrogen-bond donors (Lipinski definition) is 1. The van der Waals surface area contributed by atoms with Crippen molar-refractivity contribution in [1.82, 2.24) is 20.0 Å². The van der Waals surface area contributed by atoms with Gasteiger partial charge in [0.25, 0.3) is 0 Å². The van der Waals surface area contributed by atoms with E-state index in [9.17, 15) is 18.0 Å². The molecule has 2 fully saturated rings. The van der Waals surface area contributed by atoms with E-state index in [1.165, 1.54) is 7.05 Å². The van der Waals surface area contributed by atoms with Gasteiger partial charge in [-0.3, -0.25) is 4.68 Å². The Morgan fingerprint density at radius 2 is 2.17 bits per heavy atom. The van der Waals surface area contributed by atoms with Crippen LogP contribution in [-0.4, -0.2) is 47.0 Å². The Kier molecular flexibility index (Phi) is 4.22. The number of aryl methyl sites for hydroxylation is 1. The minimum absolute atomic E-state index is 0.0490. The van der Waals surface area contributed by atoms with E-state index in [0.29, 0.717) is 24.9 Å². The van der Waals surface area contributed by atoms with Gasteiger partial charge in [-0.15, -0.1) is 0 Å². The highest BCUT2D eigenvalue weighted by Gasteiger charge is 2.38. The predicted molar refractivity (Wildman–Crippen MR) is 74.4 cm³/mol. The molecule has 0 aromatic carbocycles. The Morgan fingerprint density at radius 3 is 2.78 bits per heavy atom. The summed E-state index contributed by atoms with van der Waals surface area (Å²) >= 11 is 0. The average molecular weight is 332 g/mol. The Morgan fingerprint density at radius 1 is 1.43 bits per heavy atom. The average Bonchev–Trinajstić information content (AvgIpc) is 3.04. The number of likely N-dealkylation sites (tertiary alicyclic amines) is 1. The van der Waals surface area contributed by atoms with Crippen LogP contribution in [0.2, 0.25) is 0 Å². The Hall–Kier alpha value is -1.77. The first-order valence-corrected chi connectivity index (χ1v) is 7.55. The lowest BCUT2D eigenvalue weighted by atomic mass is 9.85. The molecule has 0 saturated carbocycles. The summed E-state index contributed by atoms with van der Waals surface area (Å²) in [6, 6.07) is -0.338. The van der Waals surface area contributed by atoms with Crippen LogP contribution in [0.15, 0.2) is 6.20 Å². The van der Waals surface area contributed by atoms with E-state index in [1.54, 1.807) is 4.90 Å². The van der Waals surface area contributed by atoms with E-state index in [0.717, 1.165) is 30.5 Å². The SMILES string of the molecule is Cn1ncc(C(F)(F)F)c1CNC(=O)N1CC(C2CCOC2)C1. The van der Waals surface area contributed by atoms with Crippen LogP contribution in [-0.2, 0) is 24.5 Å². The molecule has 0 radical (unpaired) electrons. The van der Waals surface area contributed by atoms with Crippen LogP contribution in [0, 0.1) is 11.8 Å². The van der Waals surface area contributed by atoms with E-state index in [1.807, 2.05) is 0 Å². The zero-order valence-electron chi connectivity index (χ0n) is 12.8. The third-order valence-electron chi connectivity index (χ3n) is 4.60. The number of carbonyl (C=O) groups is 1. The van der Waals surface area contributed by atoms with Gasteiger partial charge in [-0.25, -0.2) is 4.79 Å². The van der Waals surface area contributed by atoms with E-state index in [2.05, 4.69) is 10.4 Å². The van der Waals surface area contributed by atoms with Crippen LogP contribution in [0.4, 0.5) is 18.0 Å². The molecular weight excluding hydrogens is 313 g/mol. The second-order valence-corrected chi connectivity index (χ2v) is 6.07. The zero-order valence-corrected chi connectivity index (χ0v) is 12.8. The number of nitrogens with zero attached hydrogens (tertiary/aromatic N) is 3. The summed E-state index contributed by atoms with van der Waals surface area (Å²) in [6.07, 6.45) is -2.68. The summed E-state index contributed by atoms with van der Waals surface area (Å²) in [7, 11) is 1.43. The van der Waals surface area contributed by atoms with Crippen LogP contribution in [0.5, 0.6) is 0 Å². The summed E-state index contributed by atoms with van der Waals surface area (Å²) in [6.45, 7) is 2.59. The van der Waals surface area contributed by atoms with Crippen molar-refractivity contribution in [2.45, 2.75) is 19.1 Å². The molecule has 0 spiro atoms. The maximum Gasteiger partial charge on any atom is 0.419 e. The van der Waals surface area contributed by atoms with Crippen LogP contribution < -0.4 is 5.32 Å². The van der Waals surface area contributed by atoms with Gasteiger partial charge in [0.1, 0.15) is 0 Å². The first kappa shape index (κ1) is 16.1. The minimum atomic E-state index is -4.47. The molecule has 0 bridgehead atoms. The third-order valence-corrected chi connectivity index (χ3v) is 4.60. The largest absolute Gasteiger partial charge is 0.419 e. The van der Waals surface area contributed by atoms with Gasteiger partial charge in [-0.05, 0) is 18.3 Å². The molecule has 128 valence electrons. The molecule has 1 aromatic heterocycles. The van der Waals surface area contributed by atoms with Gasteiger partial charge in [0.05, 0.1) is 24.0 Å². The summed E-state index contributed by atoms with van der Waals surface area (Å²) in [5, 5.41) is 6.17. The van der Waals surface area contributed by atoms with E-state index in [4.69, 9.17) is 4.74 Å². The Balaban J connectivity index is 1.51. The second kappa shape index (κ2) is 6.03.